The van der Waals surface area contributed by atoms with Crippen LogP contribution in [-0.2, 0) is 10.9 Å². The van der Waals surface area contributed by atoms with Gasteiger partial charge in [-0.2, -0.15) is 13.2 Å². The fraction of sp³-hybridized carbons (Fsp3) is 0.333. The van der Waals surface area contributed by atoms with E-state index >= 15 is 0 Å². The van der Waals surface area contributed by atoms with Crippen LogP contribution in [0.3, 0.4) is 0 Å². The fourth-order valence-corrected chi connectivity index (χ4v) is 0.937. The topological polar surface area (TPSA) is 18.5 Å². The number of hydrogen-bond donors (Lipinski definition) is 0. The number of ether oxygens (including phenoxy) is 2. The molecule has 0 unspecified atom stereocenters. The number of hydrogen-bond acceptors (Lipinski definition) is 2. The van der Waals surface area contributed by atoms with Gasteiger partial charge >= 0.3 is 6.18 Å². The third-order valence-electron chi connectivity index (χ3n) is 1.54. The van der Waals surface area contributed by atoms with Crippen molar-refractivity contribution in [2.24, 2.45) is 0 Å². The summed E-state index contributed by atoms with van der Waals surface area (Å²) in [6.45, 7) is -0.235. The smallest absolute Gasteiger partial charge is 0.416 e. The largest absolute Gasteiger partial charge is 0.467 e. The maximum atomic E-state index is 12.8. The standard InChI is InChI=1S/C9H8F4O2/c1-14-5-15-8-3-6(9(11,12)13)2-7(10)4-8/h2-4H,5H2,1H3. The molecule has 0 aliphatic rings. The van der Waals surface area contributed by atoms with Crippen molar-refractivity contribution >= 4 is 0 Å². The summed E-state index contributed by atoms with van der Waals surface area (Å²) in [5.41, 5.74) is -1.09. The quantitative estimate of drug-likeness (QED) is 0.580. The van der Waals surface area contributed by atoms with Crippen LogP contribution in [-0.4, -0.2) is 13.9 Å². The van der Waals surface area contributed by atoms with Crippen LogP contribution in [0, 0.1) is 5.82 Å². The molecular formula is C9H8F4O2. The molecule has 0 aliphatic heterocycles. The van der Waals surface area contributed by atoms with Gasteiger partial charge in [-0.1, -0.05) is 0 Å². The van der Waals surface area contributed by atoms with Crippen molar-refractivity contribution in [3.05, 3.63) is 29.6 Å². The van der Waals surface area contributed by atoms with E-state index in [1.807, 2.05) is 0 Å². The minimum atomic E-state index is -4.59. The zero-order chi connectivity index (χ0) is 11.5. The summed E-state index contributed by atoms with van der Waals surface area (Å²) in [6, 6.07) is 1.97. The summed E-state index contributed by atoms with van der Waals surface area (Å²) in [4.78, 5) is 0. The van der Waals surface area contributed by atoms with Crippen molar-refractivity contribution in [3.8, 4) is 5.75 Å². The maximum absolute atomic E-state index is 12.8. The van der Waals surface area contributed by atoms with Gasteiger partial charge in [-0.3, -0.25) is 0 Å². The first-order chi connectivity index (χ1) is 6.93. The molecule has 0 fully saturated rings. The lowest BCUT2D eigenvalue weighted by atomic mass is 10.2. The number of benzene rings is 1. The highest BCUT2D eigenvalue weighted by atomic mass is 19.4. The molecule has 0 N–H and O–H groups in total. The molecule has 1 rings (SSSR count). The number of alkyl halides is 3. The monoisotopic (exact) mass is 224 g/mol. The van der Waals surface area contributed by atoms with Gasteiger partial charge in [0.15, 0.2) is 6.79 Å². The van der Waals surface area contributed by atoms with Gasteiger partial charge in [0.25, 0.3) is 0 Å². The molecule has 2 nitrogen and oxygen atoms in total. The van der Waals surface area contributed by atoms with Crippen molar-refractivity contribution < 1.29 is 27.0 Å². The Hall–Kier alpha value is -1.30. The van der Waals surface area contributed by atoms with Gasteiger partial charge in [-0.25, -0.2) is 4.39 Å². The van der Waals surface area contributed by atoms with E-state index in [0.29, 0.717) is 12.1 Å². The van der Waals surface area contributed by atoms with E-state index in [4.69, 9.17) is 4.74 Å². The molecule has 0 aromatic heterocycles. The lowest BCUT2D eigenvalue weighted by molar-refractivity contribution is -0.138. The van der Waals surface area contributed by atoms with Gasteiger partial charge in [-0.05, 0) is 12.1 Å². The van der Waals surface area contributed by atoms with E-state index in [0.717, 1.165) is 6.07 Å². The van der Waals surface area contributed by atoms with Crippen molar-refractivity contribution in [1.29, 1.82) is 0 Å². The van der Waals surface area contributed by atoms with Crippen molar-refractivity contribution in [2.75, 3.05) is 13.9 Å². The highest BCUT2D eigenvalue weighted by molar-refractivity contribution is 5.31. The first-order valence-electron chi connectivity index (χ1n) is 3.93. The second-order valence-electron chi connectivity index (χ2n) is 2.72. The molecule has 1 aromatic rings. The van der Waals surface area contributed by atoms with Crippen LogP contribution in [0.15, 0.2) is 18.2 Å². The van der Waals surface area contributed by atoms with E-state index in [1.54, 1.807) is 0 Å². The summed E-state index contributed by atoms with van der Waals surface area (Å²) >= 11 is 0. The van der Waals surface area contributed by atoms with Crippen LogP contribution in [0.4, 0.5) is 17.6 Å². The molecule has 0 spiro atoms. The zero-order valence-electron chi connectivity index (χ0n) is 7.77. The third-order valence-corrected chi connectivity index (χ3v) is 1.54. The lowest BCUT2D eigenvalue weighted by Crippen LogP contribution is -2.07. The van der Waals surface area contributed by atoms with E-state index in [9.17, 15) is 17.6 Å². The third kappa shape index (κ3) is 3.39. The number of methoxy groups -OCH3 is 1. The molecule has 84 valence electrons. The Balaban J connectivity index is 2.95. The Morgan fingerprint density at radius 2 is 1.87 bits per heavy atom. The molecule has 0 saturated heterocycles. The molecule has 1 aromatic carbocycles. The van der Waals surface area contributed by atoms with Crippen LogP contribution in [0.5, 0.6) is 5.75 Å². The number of rotatable bonds is 3. The molecule has 0 atom stereocenters. The van der Waals surface area contributed by atoms with Gasteiger partial charge < -0.3 is 9.47 Å². The van der Waals surface area contributed by atoms with Crippen LogP contribution in [0.1, 0.15) is 5.56 Å². The highest BCUT2D eigenvalue weighted by Crippen LogP contribution is 2.32. The maximum Gasteiger partial charge on any atom is 0.416 e. The van der Waals surface area contributed by atoms with Crippen molar-refractivity contribution in [1.82, 2.24) is 0 Å². The average Bonchev–Trinajstić information content (AvgIpc) is 2.12. The number of halogens is 4. The van der Waals surface area contributed by atoms with E-state index in [-0.39, 0.29) is 12.5 Å². The molecule has 0 aliphatic carbocycles. The SMILES string of the molecule is COCOc1cc(F)cc(C(F)(F)F)c1. The second kappa shape index (κ2) is 4.48. The molecule has 0 heterocycles. The van der Waals surface area contributed by atoms with Crippen LogP contribution < -0.4 is 4.74 Å². The normalized spacial score (nSPS) is 11.5. The van der Waals surface area contributed by atoms with Gasteiger partial charge in [0.05, 0.1) is 5.56 Å². The summed E-state index contributed by atoms with van der Waals surface area (Å²) < 4.78 is 58.6. The molecule has 6 heteroatoms. The summed E-state index contributed by atoms with van der Waals surface area (Å²) in [5.74, 6) is -1.22. The van der Waals surface area contributed by atoms with Gasteiger partial charge in [0.1, 0.15) is 11.6 Å². The Kier molecular flexibility index (Phi) is 3.52. The Morgan fingerprint density at radius 1 is 1.20 bits per heavy atom. The lowest BCUT2D eigenvalue weighted by Gasteiger charge is -2.09. The molecule has 0 bridgehead atoms. The summed E-state index contributed by atoms with van der Waals surface area (Å²) in [6.07, 6.45) is -4.59. The van der Waals surface area contributed by atoms with E-state index < -0.39 is 17.6 Å². The zero-order valence-corrected chi connectivity index (χ0v) is 7.77. The summed E-state index contributed by atoms with van der Waals surface area (Å²) in [5, 5.41) is 0. The van der Waals surface area contributed by atoms with E-state index in [2.05, 4.69) is 4.74 Å². The average molecular weight is 224 g/mol. The van der Waals surface area contributed by atoms with E-state index in [1.165, 1.54) is 7.11 Å². The highest BCUT2D eigenvalue weighted by Gasteiger charge is 2.31. The predicted octanol–water partition coefficient (Wildman–Crippen LogP) is 2.83. The second-order valence-corrected chi connectivity index (χ2v) is 2.72. The van der Waals surface area contributed by atoms with Crippen LogP contribution in [0.2, 0.25) is 0 Å². The Labute approximate surface area is 83.4 Å². The minimum Gasteiger partial charge on any atom is -0.467 e. The molecule has 0 radical (unpaired) electrons. The van der Waals surface area contributed by atoms with Gasteiger partial charge in [0.2, 0.25) is 0 Å². The molecule has 15 heavy (non-hydrogen) atoms. The fourth-order valence-electron chi connectivity index (χ4n) is 0.937. The van der Waals surface area contributed by atoms with Crippen molar-refractivity contribution in [2.45, 2.75) is 6.18 Å². The van der Waals surface area contributed by atoms with Crippen molar-refractivity contribution in [3.63, 3.8) is 0 Å². The Bertz CT molecular complexity index is 335. The predicted molar refractivity (Wildman–Crippen MR) is 43.9 cm³/mol. The minimum absolute atomic E-state index is 0.218. The van der Waals surface area contributed by atoms with Crippen LogP contribution in [0.25, 0.3) is 0 Å². The Morgan fingerprint density at radius 3 is 2.40 bits per heavy atom. The van der Waals surface area contributed by atoms with Gasteiger partial charge in [0, 0.05) is 13.2 Å². The van der Waals surface area contributed by atoms with Crippen LogP contribution >= 0.6 is 0 Å². The molecule has 0 saturated carbocycles. The summed E-state index contributed by atoms with van der Waals surface area (Å²) in [7, 11) is 1.31. The first kappa shape index (κ1) is 11.8. The van der Waals surface area contributed by atoms with Gasteiger partial charge in [-0.15, -0.1) is 0 Å². The first-order valence-corrected chi connectivity index (χ1v) is 3.93. The molecular weight excluding hydrogens is 216 g/mol. The molecule has 0 amide bonds.